The van der Waals surface area contributed by atoms with E-state index in [1.165, 1.54) is 12.1 Å². The second kappa shape index (κ2) is 29.6. The van der Waals surface area contributed by atoms with Crippen LogP contribution in [0.15, 0.2) is 24.3 Å². The standard InChI is InChI=1S/C39H59N8O20P/c48-30(41-28(38(61)62)10-20-67-68(65,66)43-29(39(63)64)6-8-32(50)51)7-5-27(37(59)60)42-36(58)26-3-1-25(2-4-26)9-11-40-31(49)21-44-12-14-45(22-33(52)53)16-18-47(24-35(56)57)19-17-46(15-13-44)23-34(54)55/h1-4,27-29H,5-24H2,(H,40,49)(H,41,48)(H,42,58)(H,50,51)(H,52,53)(H,54,55)(H,56,57)(H,59,60)(H,61,62)(H,63,64)(H2,43,65,66). The monoisotopic (exact) mass is 990 g/mol. The van der Waals surface area contributed by atoms with E-state index in [1.807, 2.05) is 0 Å². The van der Waals surface area contributed by atoms with Crippen LogP contribution in [0.1, 0.15) is 48.0 Å². The minimum Gasteiger partial charge on any atom is -0.481 e. The first-order chi connectivity index (χ1) is 31.9. The Morgan fingerprint density at radius 2 is 0.971 bits per heavy atom. The molecule has 4 unspecified atom stereocenters. The summed E-state index contributed by atoms with van der Waals surface area (Å²) in [6.07, 6.45) is -2.60. The van der Waals surface area contributed by atoms with Gasteiger partial charge in [-0.3, -0.25) is 62.5 Å². The average molecular weight is 991 g/mol. The number of rotatable bonds is 29. The van der Waals surface area contributed by atoms with E-state index in [2.05, 4.69) is 16.0 Å². The number of hydrogen-bond donors (Lipinski definition) is 12. The van der Waals surface area contributed by atoms with Gasteiger partial charge in [0.1, 0.15) is 18.1 Å². The number of nitrogens with zero attached hydrogens (tertiary/aromatic N) is 4. The van der Waals surface area contributed by atoms with Gasteiger partial charge in [-0.25, -0.2) is 19.2 Å². The van der Waals surface area contributed by atoms with Gasteiger partial charge in [0.25, 0.3) is 5.91 Å². The molecular weight excluding hydrogens is 931 g/mol. The minimum atomic E-state index is -4.88. The summed E-state index contributed by atoms with van der Waals surface area (Å²) in [5.41, 5.74) is 0.729. The van der Waals surface area contributed by atoms with Crippen molar-refractivity contribution in [2.75, 3.05) is 91.7 Å². The molecule has 0 saturated carbocycles. The molecule has 0 bridgehead atoms. The summed E-state index contributed by atoms with van der Waals surface area (Å²) in [7, 11) is -4.88. The van der Waals surface area contributed by atoms with Crippen molar-refractivity contribution in [2.24, 2.45) is 0 Å². The van der Waals surface area contributed by atoms with Crippen molar-refractivity contribution < 1.29 is 97.7 Å². The molecule has 0 aliphatic carbocycles. The lowest BCUT2D eigenvalue weighted by Crippen LogP contribution is -2.49. The topological polar surface area (TPSA) is 420 Å². The zero-order valence-electron chi connectivity index (χ0n) is 36.9. The Kier molecular flexibility index (Phi) is 25.2. The fraction of sp³-hybridized carbons (Fsp3) is 0.590. The lowest BCUT2D eigenvalue weighted by molar-refractivity contribution is -0.143. The van der Waals surface area contributed by atoms with Crippen LogP contribution in [0.2, 0.25) is 0 Å². The van der Waals surface area contributed by atoms with E-state index in [9.17, 15) is 82.9 Å². The number of amides is 3. The van der Waals surface area contributed by atoms with Gasteiger partial charge in [0.05, 0.1) is 32.8 Å². The summed E-state index contributed by atoms with van der Waals surface area (Å²) < 4.78 is 17.0. The van der Waals surface area contributed by atoms with Crippen LogP contribution in [0.25, 0.3) is 0 Å². The van der Waals surface area contributed by atoms with Crippen molar-refractivity contribution in [3.63, 3.8) is 0 Å². The quantitative estimate of drug-likeness (QED) is 0.0351. The van der Waals surface area contributed by atoms with E-state index in [0.717, 1.165) is 0 Å². The summed E-state index contributed by atoms with van der Waals surface area (Å²) in [5.74, 6) is -11.5. The van der Waals surface area contributed by atoms with E-state index in [1.54, 1.807) is 36.8 Å². The number of aliphatic carboxylic acids is 7. The first kappa shape index (κ1) is 58.0. The van der Waals surface area contributed by atoms with Gasteiger partial charge >= 0.3 is 49.5 Å². The Morgan fingerprint density at radius 3 is 1.40 bits per heavy atom. The molecule has 0 spiro atoms. The molecule has 68 heavy (non-hydrogen) atoms. The number of benzene rings is 1. The van der Waals surface area contributed by atoms with Gasteiger partial charge in [0.15, 0.2) is 0 Å². The van der Waals surface area contributed by atoms with Crippen molar-refractivity contribution >= 4 is 67.3 Å². The normalized spacial score (nSPS) is 16.8. The van der Waals surface area contributed by atoms with Crippen LogP contribution in [0, 0.1) is 0 Å². The zero-order valence-corrected chi connectivity index (χ0v) is 37.8. The van der Waals surface area contributed by atoms with E-state index >= 15 is 0 Å². The highest BCUT2D eigenvalue weighted by atomic mass is 31.2. The second-order valence-corrected chi connectivity index (χ2v) is 17.1. The number of hydrogen-bond acceptors (Lipinski definition) is 16. The van der Waals surface area contributed by atoms with Crippen molar-refractivity contribution in [1.82, 2.24) is 40.6 Å². The van der Waals surface area contributed by atoms with Gasteiger partial charge in [0.2, 0.25) is 11.8 Å². The SMILES string of the molecule is O=C(O)CCC(NP(=O)(O)OCCC(NC(=O)CCC(NC(=O)c1ccc(CCNC(=O)CN2CCN(CC(=O)O)CCN(CC(=O)O)CCN(CC(=O)O)CC2)cc1)C(=O)O)C(=O)O)C(=O)O. The fourth-order valence-electron chi connectivity index (χ4n) is 6.55. The first-order valence-corrected chi connectivity index (χ1v) is 22.7. The average Bonchev–Trinajstić information content (AvgIpc) is 3.23. The molecule has 3 amide bonds. The molecule has 1 aliphatic rings. The number of carboxylic acid groups (broad SMARTS) is 7. The molecule has 0 radical (unpaired) electrons. The third kappa shape index (κ3) is 24.6. The van der Waals surface area contributed by atoms with Crippen molar-refractivity contribution in [3.05, 3.63) is 35.4 Å². The van der Waals surface area contributed by atoms with Gasteiger partial charge in [-0.15, -0.1) is 0 Å². The molecule has 29 heteroatoms. The van der Waals surface area contributed by atoms with Gasteiger partial charge in [-0.05, 0) is 37.0 Å². The number of carboxylic acids is 7. The van der Waals surface area contributed by atoms with Crippen LogP contribution in [0.3, 0.4) is 0 Å². The van der Waals surface area contributed by atoms with Crippen molar-refractivity contribution in [1.29, 1.82) is 0 Å². The molecule has 4 atom stereocenters. The highest BCUT2D eigenvalue weighted by molar-refractivity contribution is 7.50. The molecule has 1 aromatic carbocycles. The lowest BCUT2D eigenvalue weighted by atomic mass is 10.1. The van der Waals surface area contributed by atoms with E-state index in [0.29, 0.717) is 12.0 Å². The molecule has 0 aromatic heterocycles. The molecule has 1 heterocycles. The van der Waals surface area contributed by atoms with Crippen LogP contribution in [0.4, 0.5) is 0 Å². The van der Waals surface area contributed by atoms with E-state index in [4.69, 9.17) is 14.7 Å². The largest absolute Gasteiger partial charge is 0.481 e. The Labute approximate surface area is 388 Å². The predicted octanol–water partition coefficient (Wildman–Crippen LogP) is -3.23. The maximum absolute atomic E-state index is 13.0. The van der Waals surface area contributed by atoms with Crippen LogP contribution in [-0.4, -0.2) is 230 Å². The van der Waals surface area contributed by atoms with E-state index in [-0.39, 0.29) is 96.6 Å². The summed E-state index contributed by atoms with van der Waals surface area (Å²) in [6.45, 7) is 0.176. The fourth-order valence-corrected chi connectivity index (χ4v) is 7.61. The van der Waals surface area contributed by atoms with Gasteiger partial charge in [-0.2, -0.15) is 0 Å². The molecule has 1 aliphatic heterocycles. The van der Waals surface area contributed by atoms with Crippen LogP contribution < -0.4 is 21.0 Å². The van der Waals surface area contributed by atoms with Gasteiger partial charge < -0.3 is 56.6 Å². The lowest BCUT2D eigenvalue weighted by Gasteiger charge is -2.32. The Morgan fingerprint density at radius 1 is 0.544 bits per heavy atom. The van der Waals surface area contributed by atoms with Crippen LogP contribution in [-0.2, 0) is 58.7 Å². The molecule has 28 nitrogen and oxygen atoms in total. The van der Waals surface area contributed by atoms with Crippen LogP contribution >= 0.6 is 7.75 Å². The smallest absolute Gasteiger partial charge is 0.403 e. The third-order valence-electron chi connectivity index (χ3n) is 10.2. The molecule has 12 N–H and O–H groups in total. The second-order valence-electron chi connectivity index (χ2n) is 15.5. The number of carbonyl (C=O) groups excluding carboxylic acids is 3. The summed E-state index contributed by atoms with van der Waals surface area (Å²) in [6, 6.07) is 0.842. The van der Waals surface area contributed by atoms with Crippen molar-refractivity contribution in [3.8, 4) is 0 Å². The molecule has 1 fully saturated rings. The van der Waals surface area contributed by atoms with Gasteiger partial charge in [0, 0.05) is 83.7 Å². The highest BCUT2D eigenvalue weighted by Gasteiger charge is 2.31. The summed E-state index contributed by atoms with van der Waals surface area (Å²) in [4.78, 5) is 135. The zero-order chi connectivity index (χ0) is 51.0. The highest BCUT2D eigenvalue weighted by Crippen LogP contribution is 2.38. The van der Waals surface area contributed by atoms with Crippen LogP contribution in [0.5, 0.6) is 0 Å². The first-order valence-electron chi connectivity index (χ1n) is 21.1. The Bertz CT molecular complexity index is 1940. The summed E-state index contributed by atoms with van der Waals surface area (Å²) in [5, 5.41) is 74.3. The summed E-state index contributed by atoms with van der Waals surface area (Å²) >= 11 is 0. The molecule has 380 valence electrons. The minimum absolute atomic E-state index is 0.0467. The molecule has 2 rings (SSSR count). The van der Waals surface area contributed by atoms with Crippen molar-refractivity contribution in [2.45, 2.75) is 56.7 Å². The maximum Gasteiger partial charge on any atom is 0.403 e. The number of carbonyl (C=O) groups is 10. The molecule has 1 aromatic rings. The predicted molar refractivity (Wildman–Crippen MR) is 231 cm³/mol. The maximum atomic E-state index is 13.0. The molecular formula is C39H59N8O20P. The Hall–Kier alpha value is -6.13. The van der Waals surface area contributed by atoms with Gasteiger partial charge in [-0.1, -0.05) is 12.1 Å². The molecule has 1 saturated heterocycles. The third-order valence-corrected chi connectivity index (χ3v) is 11.3. The Balaban J connectivity index is 1.91. The van der Waals surface area contributed by atoms with E-state index < -0.39 is 118 Å². The number of nitrogens with one attached hydrogen (secondary N) is 4.